The predicted molar refractivity (Wildman–Crippen MR) is 74.8 cm³/mol. The van der Waals surface area contributed by atoms with Crippen LogP contribution in [0.25, 0.3) is 0 Å². The van der Waals surface area contributed by atoms with Crippen LogP contribution >= 0.6 is 11.6 Å². The van der Waals surface area contributed by atoms with Crippen molar-refractivity contribution in [3.63, 3.8) is 0 Å². The average Bonchev–Trinajstić information content (AvgIpc) is 2.36. The molecule has 102 valence electrons. The van der Waals surface area contributed by atoms with Crippen LogP contribution in [-0.4, -0.2) is 0 Å². The first-order valence-corrected chi connectivity index (χ1v) is 6.92. The maximum Gasteiger partial charge on any atom is 0.129 e. The van der Waals surface area contributed by atoms with E-state index in [0.29, 0.717) is 16.5 Å². The molecule has 0 aliphatic rings. The Morgan fingerprint density at radius 1 is 1.39 bits per heavy atom. The summed E-state index contributed by atoms with van der Waals surface area (Å²) in [5.41, 5.74) is 3.36. The summed E-state index contributed by atoms with van der Waals surface area (Å²) in [5, 5.41) is 0.411. The molecule has 1 aromatic rings. The normalized spacial score (nSPS) is 14.5. The lowest BCUT2D eigenvalue weighted by Gasteiger charge is -2.26. The molecule has 0 saturated carbocycles. The molecule has 2 atom stereocenters. The van der Waals surface area contributed by atoms with Crippen LogP contribution in [0.15, 0.2) is 18.2 Å². The Balaban J connectivity index is 2.92. The molecule has 18 heavy (non-hydrogen) atoms. The van der Waals surface area contributed by atoms with Crippen molar-refractivity contribution in [2.45, 2.75) is 45.6 Å². The fourth-order valence-electron chi connectivity index (χ4n) is 2.31. The maximum atomic E-state index is 13.9. The van der Waals surface area contributed by atoms with Crippen LogP contribution in [0.5, 0.6) is 0 Å². The highest BCUT2D eigenvalue weighted by Crippen LogP contribution is 2.30. The van der Waals surface area contributed by atoms with Crippen molar-refractivity contribution in [1.29, 1.82) is 0 Å². The molecule has 2 unspecified atom stereocenters. The topological polar surface area (TPSA) is 38.0 Å². The van der Waals surface area contributed by atoms with Gasteiger partial charge in [-0.05, 0) is 24.5 Å². The summed E-state index contributed by atoms with van der Waals surface area (Å²) in [5.74, 6) is 5.66. The van der Waals surface area contributed by atoms with Crippen LogP contribution in [0.2, 0.25) is 5.02 Å². The number of halogens is 2. The number of hydrogen-bond donors (Lipinski definition) is 2. The number of rotatable bonds is 7. The van der Waals surface area contributed by atoms with Crippen LogP contribution in [0.3, 0.4) is 0 Å². The smallest absolute Gasteiger partial charge is 0.129 e. The molecule has 0 amide bonds. The van der Waals surface area contributed by atoms with Crippen LogP contribution in [0.4, 0.5) is 4.39 Å². The van der Waals surface area contributed by atoms with Crippen molar-refractivity contribution in [3.8, 4) is 0 Å². The Hall–Kier alpha value is -0.640. The highest BCUT2D eigenvalue weighted by Gasteiger charge is 2.23. The molecule has 0 heterocycles. The summed E-state index contributed by atoms with van der Waals surface area (Å²) in [4.78, 5) is 0. The first-order valence-electron chi connectivity index (χ1n) is 6.55. The molecular formula is C14H22ClFN2. The van der Waals surface area contributed by atoms with Gasteiger partial charge in [-0.2, -0.15) is 0 Å². The van der Waals surface area contributed by atoms with Crippen molar-refractivity contribution in [2.75, 3.05) is 0 Å². The SMILES string of the molecule is CCCCC(CC)C(NN)c1ccc(Cl)cc1F. The zero-order valence-corrected chi connectivity index (χ0v) is 11.8. The van der Waals surface area contributed by atoms with E-state index in [1.165, 1.54) is 6.07 Å². The van der Waals surface area contributed by atoms with Gasteiger partial charge in [0.05, 0.1) is 6.04 Å². The van der Waals surface area contributed by atoms with E-state index < -0.39 is 0 Å². The summed E-state index contributed by atoms with van der Waals surface area (Å²) in [6.45, 7) is 4.26. The second kappa shape index (κ2) is 7.72. The number of unbranched alkanes of at least 4 members (excludes halogenated alkanes) is 1. The van der Waals surface area contributed by atoms with Crippen LogP contribution in [0, 0.1) is 11.7 Å². The Labute approximate surface area is 114 Å². The zero-order chi connectivity index (χ0) is 13.5. The lowest BCUT2D eigenvalue weighted by Crippen LogP contribution is -2.34. The number of hydrogen-bond acceptors (Lipinski definition) is 2. The van der Waals surface area contributed by atoms with Crippen molar-refractivity contribution in [1.82, 2.24) is 5.43 Å². The van der Waals surface area contributed by atoms with Gasteiger partial charge in [-0.1, -0.05) is 50.8 Å². The van der Waals surface area contributed by atoms with E-state index >= 15 is 0 Å². The Bertz CT molecular complexity index is 371. The maximum absolute atomic E-state index is 13.9. The van der Waals surface area contributed by atoms with Gasteiger partial charge in [0.15, 0.2) is 0 Å². The van der Waals surface area contributed by atoms with E-state index in [2.05, 4.69) is 19.3 Å². The minimum absolute atomic E-state index is 0.154. The third-order valence-corrected chi connectivity index (χ3v) is 3.64. The van der Waals surface area contributed by atoms with E-state index in [9.17, 15) is 4.39 Å². The molecule has 1 rings (SSSR count). The van der Waals surface area contributed by atoms with Crippen LogP contribution in [-0.2, 0) is 0 Å². The minimum Gasteiger partial charge on any atom is -0.271 e. The van der Waals surface area contributed by atoms with Crippen molar-refractivity contribution in [2.24, 2.45) is 11.8 Å². The number of nitrogens with one attached hydrogen (secondary N) is 1. The fourth-order valence-corrected chi connectivity index (χ4v) is 2.47. The van der Waals surface area contributed by atoms with Crippen molar-refractivity contribution in [3.05, 3.63) is 34.6 Å². The van der Waals surface area contributed by atoms with E-state index in [-0.39, 0.29) is 11.9 Å². The molecule has 0 radical (unpaired) electrons. The van der Waals surface area contributed by atoms with Crippen LogP contribution in [0.1, 0.15) is 51.1 Å². The Kier molecular flexibility index (Phi) is 6.61. The lowest BCUT2D eigenvalue weighted by molar-refractivity contribution is 0.319. The highest BCUT2D eigenvalue weighted by molar-refractivity contribution is 6.30. The van der Waals surface area contributed by atoms with Gasteiger partial charge in [0, 0.05) is 10.6 Å². The summed E-state index contributed by atoms with van der Waals surface area (Å²) in [6.07, 6.45) is 4.28. The summed E-state index contributed by atoms with van der Waals surface area (Å²) < 4.78 is 13.9. The van der Waals surface area contributed by atoms with Gasteiger partial charge >= 0.3 is 0 Å². The molecule has 0 spiro atoms. The highest BCUT2D eigenvalue weighted by atomic mass is 35.5. The monoisotopic (exact) mass is 272 g/mol. The predicted octanol–water partition coefficient (Wildman–Crippen LogP) is 4.20. The average molecular weight is 273 g/mol. The molecule has 0 fully saturated rings. The van der Waals surface area contributed by atoms with Crippen molar-refractivity contribution >= 4 is 11.6 Å². The molecule has 0 bridgehead atoms. The summed E-state index contributed by atoms with van der Waals surface area (Å²) in [7, 11) is 0. The van der Waals surface area contributed by atoms with Crippen LogP contribution < -0.4 is 11.3 Å². The first-order chi connectivity index (χ1) is 8.63. The fraction of sp³-hybridized carbons (Fsp3) is 0.571. The van der Waals surface area contributed by atoms with Gasteiger partial charge < -0.3 is 0 Å². The molecule has 0 aliphatic heterocycles. The quantitative estimate of drug-likeness (QED) is 0.577. The molecule has 0 aliphatic carbocycles. The van der Waals surface area contributed by atoms with Gasteiger partial charge in [-0.3, -0.25) is 11.3 Å². The molecule has 4 heteroatoms. The lowest BCUT2D eigenvalue weighted by atomic mass is 9.87. The number of nitrogens with two attached hydrogens (primary N) is 1. The third-order valence-electron chi connectivity index (χ3n) is 3.40. The molecular weight excluding hydrogens is 251 g/mol. The molecule has 2 nitrogen and oxygen atoms in total. The van der Waals surface area contributed by atoms with E-state index in [1.54, 1.807) is 12.1 Å². The number of benzene rings is 1. The molecule has 3 N–H and O–H groups in total. The largest absolute Gasteiger partial charge is 0.271 e. The van der Waals surface area contributed by atoms with Gasteiger partial charge in [0.25, 0.3) is 0 Å². The molecule has 0 aromatic heterocycles. The van der Waals surface area contributed by atoms with Gasteiger partial charge in [0.1, 0.15) is 5.82 Å². The zero-order valence-electron chi connectivity index (χ0n) is 11.0. The molecule has 0 saturated heterocycles. The van der Waals surface area contributed by atoms with Gasteiger partial charge in [-0.15, -0.1) is 0 Å². The van der Waals surface area contributed by atoms with E-state index in [0.717, 1.165) is 25.7 Å². The summed E-state index contributed by atoms with van der Waals surface area (Å²) >= 11 is 5.77. The minimum atomic E-state index is -0.291. The van der Waals surface area contributed by atoms with E-state index in [1.807, 2.05) is 0 Å². The summed E-state index contributed by atoms with van der Waals surface area (Å²) in [6, 6.07) is 4.61. The third kappa shape index (κ3) is 3.94. The Morgan fingerprint density at radius 2 is 2.11 bits per heavy atom. The second-order valence-corrected chi connectivity index (χ2v) is 5.06. The second-order valence-electron chi connectivity index (χ2n) is 4.62. The van der Waals surface area contributed by atoms with Crippen molar-refractivity contribution < 1.29 is 4.39 Å². The van der Waals surface area contributed by atoms with E-state index in [4.69, 9.17) is 17.4 Å². The number of hydrazine groups is 1. The van der Waals surface area contributed by atoms with Gasteiger partial charge in [0.2, 0.25) is 0 Å². The standard InChI is InChI=1S/C14H22ClFN2/c1-3-5-6-10(4-2)14(18-17)12-8-7-11(15)9-13(12)16/h7-10,14,18H,3-6,17H2,1-2H3. The van der Waals surface area contributed by atoms with Gasteiger partial charge in [-0.25, -0.2) is 4.39 Å². The first kappa shape index (κ1) is 15.4. The Morgan fingerprint density at radius 3 is 2.61 bits per heavy atom. The molecule has 1 aromatic carbocycles.